The molecule has 0 amide bonds. The second-order valence-electron chi connectivity index (χ2n) is 6.55. The molecule has 144 valence electrons. The third-order valence-corrected chi connectivity index (χ3v) is 7.70. The highest BCUT2D eigenvalue weighted by Crippen LogP contribution is 2.36. The van der Waals surface area contributed by atoms with E-state index in [9.17, 15) is 18.3 Å². The predicted molar refractivity (Wildman–Crippen MR) is 101 cm³/mol. The van der Waals surface area contributed by atoms with Gasteiger partial charge in [0.1, 0.15) is 0 Å². The van der Waals surface area contributed by atoms with Crippen LogP contribution >= 0.6 is 11.3 Å². The Morgan fingerprint density at radius 3 is 2.54 bits per heavy atom. The molecule has 2 aromatic rings. The van der Waals surface area contributed by atoms with Crippen molar-refractivity contribution in [3.05, 3.63) is 34.7 Å². The summed E-state index contributed by atoms with van der Waals surface area (Å²) in [5.41, 5.74) is 1.24. The lowest BCUT2D eigenvalue weighted by atomic mass is 9.98. The quantitative estimate of drug-likeness (QED) is 0.524. The van der Waals surface area contributed by atoms with E-state index >= 15 is 0 Å². The van der Waals surface area contributed by atoms with E-state index in [1.54, 1.807) is 25.2 Å². The minimum Gasteiger partial charge on any atom is -0.481 e. The van der Waals surface area contributed by atoms with E-state index in [0.717, 1.165) is 4.88 Å². The zero-order valence-corrected chi connectivity index (χ0v) is 16.3. The SMILES string of the molecule is CC(C)C(CS(=O)(=O)N1CCc2c(sc3ccccc23)C1)C(=O)O.OO. The van der Waals surface area contributed by atoms with Gasteiger partial charge in [-0.3, -0.25) is 15.3 Å². The number of sulfonamides is 1. The third-order valence-electron chi connectivity index (χ3n) is 4.62. The van der Waals surface area contributed by atoms with Gasteiger partial charge < -0.3 is 5.11 Å². The van der Waals surface area contributed by atoms with Gasteiger partial charge in [-0.15, -0.1) is 11.3 Å². The normalized spacial score (nSPS) is 16.0. The molecule has 1 aliphatic rings. The van der Waals surface area contributed by atoms with Gasteiger partial charge in [0.15, 0.2) is 0 Å². The molecule has 1 atom stereocenters. The van der Waals surface area contributed by atoms with Gasteiger partial charge in [-0.25, -0.2) is 8.42 Å². The number of carbonyl (C=O) groups is 1. The van der Waals surface area contributed by atoms with Crippen LogP contribution in [0, 0.1) is 11.8 Å². The zero-order valence-electron chi connectivity index (χ0n) is 14.6. The van der Waals surface area contributed by atoms with Gasteiger partial charge in [0.25, 0.3) is 0 Å². The fraction of sp³-hybridized carbons (Fsp3) is 0.471. The summed E-state index contributed by atoms with van der Waals surface area (Å²) < 4.78 is 28.0. The summed E-state index contributed by atoms with van der Waals surface area (Å²) in [6.07, 6.45) is 0.679. The highest BCUT2D eigenvalue weighted by molar-refractivity contribution is 7.89. The van der Waals surface area contributed by atoms with Crippen LogP contribution in [-0.4, -0.2) is 46.6 Å². The Labute approximate surface area is 156 Å². The van der Waals surface area contributed by atoms with Gasteiger partial charge in [0.2, 0.25) is 10.0 Å². The van der Waals surface area contributed by atoms with Gasteiger partial charge in [0, 0.05) is 22.7 Å². The highest BCUT2D eigenvalue weighted by atomic mass is 32.2. The monoisotopic (exact) mass is 401 g/mol. The summed E-state index contributed by atoms with van der Waals surface area (Å²) in [6, 6.07) is 8.11. The molecule has 9 heteroatoms. The van der Waals surface area contributed by atoms with E-state index in [1.807, 2.05) is 12.1 Å². The molecule has 0 spiro atoms. The van der Waals surface area contributed by atoms with Crippen molar-refractivity contribution in [2.45, 2.75) is 26.8 Å². The molecule has 3 N–H and O–H groups in total. The van der Waals surface area contributed by atoms with Crippen molar-refractivity contribution in [2.24, 2.45) is 11.8 Å². The summed E-state index contributed by atoms with van der Waals surface area (Å²) >= 11 is 1.63. The lowest BCUT2D eigenvalue weighted by Crippen LogP contribution is -2.40. The number of hydrogen-bond acceptors (Lipinski definition) is 6. The fourth-order valence-corrected chi connectivity index (χ4v) is 6.38. The number of fused-ring (bicyclic) bond motifs is 3. The largest absolute Gasteiger partial charge is 0.481 e. The minimum absolute atomic E-state index is 0.220. The van der Waals surface area contributed by atoms with Gasteiger partial charge in [-0.2, -0.15) is 4.31 Å². The van der Waals surface area contributed by atoms with Crippen LogP contribution in [0.4, 0.5) is 0 Å². The fourth-order valence-electron chi connectivity index (χ4n) is 3.15. The third kappa shape index (κ3) is 4.24. The maximum Gasteiger partial charge on any atom is 0.307 e. The van der Waals surface area contributed by atoms with E-state index in [4.69, 9.17) is 10.5 Å². The molecule has 0 aliphatic carbocycles. The number of rotatable bonds is 5. The molecule has 26 heavy (non-hydrogen) atoms. The highest BCUT2D eigenvalue weighted by Gasteiger charge is 2.34. The number of nitrogens with zero attached hydrogens (tertiary/aromatic N) is 1. The first-order valence-electron chi connectivity index (χ1n) is 8.19. The van der Waals surface area contributed by atoms with Crippen molar-refractivity contribution in [1.29, 1.82) is 0 Å². The lowest BCUT2D eigenvalue weighted by molar-refractivity contribution is -0.176. The van der Waals surface area contributed by atoms with Gasteiger partial charge >= 0.3 is 5.97 Å². The van der Waals surface area contributed by atoms with Gasteiger partial charge in [-0.05, 0) is 29.4 Å². The molecule has 0 saturated heterocycles. The van der Waals surface area contributed by atoms with Crippen molar-refractivity contribution in [1.82, 2.24) is 4.31 Å². The first-order valence-corrected chi connectivity index (χ1v) is 10.6. The second kappa shape index (κ2) is 8.45. The summed E-state index contributed by atoms with van der Waals surface area (Å²) in [5.74, 6) is -2.48. The number of carboxylic acid groups (broad SMARTS) is 1. The van der Waals surface area contributed by atoms with Crippen LogP contribution in [0.15, 0.2) is 24.3 Å². The Balaban J connectivity index is 0.00000117. The number of aliphatic carboxylic acids is 1. The Morgan fingerprint density at radius 1 is 1.27 bits per heavy atom. The Hall–Kier alpha value is -1.52. The average molecular weight is 402 g/mol. The number of carboxylic acids is 1. The minimum atomic E-state index is -3.59. The molecular formula is C17H23NO6S2. The molecule has 1 aromatic heterocycles. The van der Waals surface area contributed by atoms with Crippen LogP contribution in [0.2, 0.25) is 0 Å². The van der Waals surface area contributed by atoms with Crippen LogP contribution in [0.25, 0.3) is 10.1 Å². The summed E-state index contributed by atoms with van der Waals surface area (Å²) in [5, 5.41) is 22.5. The first-order chi connectivity index (χ1) is 12.3. The second-order valence-corrected chi connectivity index (χ2v) is 9.70. The van der Waals surface area contributed by atoms with E-state index in [-0.39, 0.29) is 11.7 Å². The number of thiophene rings is 1. The maximum atomic E-state index is 12.7. The van der Waals surface area contributed by atoms with Crippen molar-refractivity contribution < 1.29 is 28.8 Å². The van der Waals surface area contributed by atoms with Crippen molar-refractivity contribution >= 4 is 37.4 Å². The molecule has 7 nitrogen and oxygen atoms in total. The van der Waals surface area contributed by atoms with Crippen molar-refractivity contribution in [3.8, 4) is 0 Å². The molecule has 0 saturated carbocycles. The van der Waals surface area contributed by atoms with Crippen LogP contribution in [0.1, 0.15) is 24.3 Å². The molecule has 0 fully saturated rings. The number of hydrogen-bond donors (Lipinski definition) is 3. The zero-order chi connectivity index (χ0) is 19.5. The molecule has 1 unspecified atom stereocenters. The Bertz CT molecular complexity index is 875. The van der Waals surface area contributed by atoms with Gasteiger partial charge in [-0.1, -0.05) is 32.0 Å². The summed E-state index contributed by atoms with van der Waals surface area (Å²) in [6.45, 7) is 4.26. The predicted octanol–water partition coefficient (Wildman–Crippen LogP) is 2.96. The van der Waals surface area contributed by atoms with Crippen molar-refractivity contribution in [3.63, 3.8) is 0 Å². The molecule has 0 radical (unpaired) electrons. The topological polar surface area (TPSA) is 115 Å². The molecule has 0 bridgehead atoms. The molecule has 2 heterocycles. The van der Waals surface area contributed by atoms with Gasteiger partial charge in [0.05, 0.1) is 11.7 Å². The Morgan fingerprint density at radius 2 is 1.92 bits per heavy atom. The molecule has 3 rings (SSSR count). The smallest absolute Gasteiger partial charge is 0.307 e. The van der Waals surface area contributed by atoms with E-state index in [0.29, 0.717) is 19.5 Å². The Kier molecular flexibility index (Phi) is 6.75. The molecule has 1 aromatic carbocycles. The lowest BCUT2D eigenvalue weighted by Gasteiger charge is -2.28. The van der Waals surface area contributed by atoms with Crippen molar-refractivity contribution in [2.75, 3.05) is 12.3 Å². The standard InChI is InChI=1S/C17H21NO4S2.H2O2/c1-11(2)14(17(19)20)10-24(21,22)18-8-7-13-12-5-3-4-6-15(12)23-16(13)9-18;1-2/h3-6,11,14H,7-10H2,1-2H3,(H,19,20);1-2H. The maximum absolute atomic E-state index is 12.7. The van der Waals surface area contributed by atoms with Crippen LogP contribution in [-0.2, 0) is 27.8 Å². The van der Waals surface area contributed by atoms with E-state index < -0.39 is 21.9 Å². The molecular weight excluding hydrogens is 378 g/mol. The van der Waals surface area contributed by atoms with Crippen LogP contribution < -0.4 is 0 Å². The number of benzene rings is 1. The summed E-state index contributed by atoms with van der Waals surface area (Å²) in [4.78, 5) is 12.4. The van der Waals surface area contributed by atoms with Crippen LogP contribution in [0.3, 0.4) is 0 Å². The first kappa shape index (κ1) is 20.8. The van der Waals surface area contributed by atoms with Crippen LogP contribution in [0.5, 0.6) is 0 Å². The molecule has 1 aliphatic heterocycles. The van der Waals surface area contributed by atoms with E-state index in [2.05, 4.69) is 12.1 Å². The van der Waals surface area contributed by atoms with E-state index in [1.165, 1.54) is 20.0 Å². The average Bonchev–Trinajstić information content (AvgIpc) is 2.98. The summed E-state index contributed by atoms with van der Waals surface area (Å²) in [7, 11) is -3.59.